The summed E-state index contributed by atoms with van der Waals surface area (Å²) in [5, 5.41) is 8.83. The summed E-state index contributed by atoms with van der Waals surface area (Å²) in [4.78, 5) is 12.5. The number of carboxylic acids is 1. The van der Waals surface area contributed by atoms with Crippen LogP contribution in [0.5, 0.6) is 0 Å². The second kappa shape index (κ2) is 3.88. The third kappa shape index (κ3) is 1.93. The molecule has 1 saturated heterocycles. The quantitative estimate of drug-likeness (QED) is 0.806. The van der Waals surface area contributed by atoms with Gasteiger partial charge in [-0.15, -0.1) is 0 Å². The zero-order valence-corrected chi connectivity index (χ0v) is 8.19. The maximum Gasteiger partial charge on any atom is 0.308 e. The van der Waals surface area contributed by atoms with Crippen molar-refractivity contribution in [3.8, 4) is 0 Å². The van der Waals surface area contributed by atoms with Crippen LogP contribution >= 0.6 is 0 Å². The van der Waals surface area contributed by atoms with Crippen molar-refractivity contribution >= 4 is 11.7 Å². The standard InChI is InChI=1S/C11H12FNO2/c12-9-3-1-2-4-10(9)13-6-5-8(7-13)11(14)15/h1-4,8H,5-7H2,(H,14,15)/t8-/m0/s1. The van der Waals surface area contributed by atoms with Gasteiger partial charge < -0.3 is 10.0 Å². The first kappa shape index (κ1) is 9.96. The lowest BCUT2D eigenvalue weighted by Crippen LogP contribution is -2.23. The summed E-state index contributed by atoms with van der Waals surface area (Å²) in [5.41, 5.74) is 0.501. The Bertz CT molecular complexity index is 381. The summed E-state index contributed by atoms with van der Waals surface area (Å²) in [7, 11) is 0. The van der Waals surface area contributed by atoms with Crippen LogP contribution in [-0.2, 0) is 4.79 Å². The number of nitrogens with zero attached hydrogens (tertiary/aromatic N) is 1. The number of hydrogen-bond donors (Lipinski definition) is 1. The molecule has 0 saturated carbocycles. The minimum atomic E-state index is -0.797. The lowest BCUT2D eigenvalue weighted by Gasteiger charge is -2.18. The SMILES string of the molecule is O=C(O)[C@H]1CCN(c2ccccc2F)C1. The van der Waals surface area contributed by atoms with Crippen LogP contribution in [0.25, 0.3) is 0 Å². The highest BCUT2D eigenvalue weighted by Crippen LogP contribution is 2.25. The number of aliphatic carboxylic acids is 1. The van der Waals surface area contributed by atoms with Gasteiger partial charge in [0.2, 0.25) is 0 Å². The molecule has 0 radical (unpaired) electrons. The Labute approximate surface area is 87.1 Å². The lowest BCUT2D eigenvalue weighted by atomic mass is 10.1. The molecule has 0 aromatic heterocycles. The Morgan fingerprint density at radius 3 is 2.80 bits per heavy atom. The minimum Gasteiger partial charge on any atom is -0.481 e. The van der Waals surface area contributed by atoms with Crippen LogP contribution in [0, 0.1) is 11.7 Å². The van der Waals surface area contributed by atoms with Gasteiger partial charge in [-0.05, 0) is 18.6 Å². The second-order valence-corrected chi connectivity index (χ2v) is 3.72. The molecule has 0 bridgehead atoms. The molecule has 1 aliphatic heterocycles. The van der Waals surface area contributed by atoms with Gasteiger partial charge in [-0.2, -0.15) is 0 Å². The van der Waals surface area contributed by atoms with Gasteiger partial charge in [0, 0.05) is 13.1 Å². The zero-order chi connectivity index (χ0) is 10.8. The van der Waals surface area contributed by atoms with Gasteiger partial charge in [-0.25, -0.2) is 4.39 Å². The summed E-state index contributed by atoms with van der Waals surface area (Å²) >= 11 is 0. The first-order chi connectivity index (χ1) is 7.18. The fourth-order valence-electron chi connectivity index (χ4n) is 1.89. The average molecular weight is 209 g/mol. The van der Waals surface area contributed by atoms with Gasteiger partial charge in [-0.1, -0.05) is 12.1 Å². The molecule has 1 heterocycles. The predicted octanol–water partition coefficient (Wildman–Crippen LogP) is 1.74. The van der Waals surface area contributed by atoms with E-state index in [2.05, 4.69) is 0 Å². The Hall–Kier alpha value is -1.58. The van der Waals surface area contributed by atoms with Crippen LogP contribution in [0.1, 0.15) is 6.42 Å². The van der Waals surface area contributed by atoms with Gasteiger partial charge in [0.1, 0.15) is 5.82 Å². The van der Waals surface area contributed by atoms with Gasteiger partial charge in [-0.3, -0.25) is 4.79 Å². The highest BCUT2D eigenvalue weighted by Gasteiger charge is 2.28. The highest BCUT2D eigenvalue weighted by molar-refractivity contribution is 5.72. The van der Waals surface area contributed by atoms with Crippen LogP contribution in [0.3, 0.4) is 0 Å². The van der Waals surface area contributed by atoms with Crippen molar-refractivity contribution in [1.29, 1.82) is 0 Å². The number of rotatable bonds is 2. The van der Waals surface area contributed by atoms with E-state index in [0.29, 0.717) is 25.2 Å². The summed E-state index contributed by atoms with van der Waals surface area (Å²) in [6.45, 7) is 1.01. The third-order valence-corrected chi connectivity index (χ3v) is 2.73. The van der Waals surface area contributed by atoms with E-state index in [1.54, 1.807) is 23.1 Å². The van der Waals surface area contributed by atoms with E-state index in [1.807, 2.05) is 0 Å². The molecule has 0 spiro atoms. The Morgan fingerprint density at radius 1 is 1.47 bits per heavy atom. The van der Waals surface area contributed by atoms with Crippen molar-refractivity contribution in [3.05, 3.63) is 30.1 Å². The molecule has 80 valence electrons. The van der Waals surface area contributed by atoms with E-state index in [1.165, 1.54) is 6.07 Å². The molecule has 1 atom stereocenters. The normalized spacial score (nSPS) is 20.6. The summed E-state index contributed by atoms with van der Waals surface area (Å²) in [6, 6.07) is 6.46. The fourth-order valence-corrected chi connectivity index (χ4v) is 1.89. The van der Waals surface area contributed by atoms with Crippen molar-refractivity contribution < 1.29 is 14.3 Å². The molecule has 3 nitrogen and oxygen atoms in total. The van der Waals surface area contributed by atoms with Crippen LogP contribution in [0.2, 0.25) is 0 Å². The molecule has 0 amide bonds. The highest BCUT2D eigenvalue weighted by atomic mass is 19.1. The molecule has 0 aliphatic carbocycles. The molecule has 1 aromatic rings. The summed E-state index contributed by atoms with van der Waals surface area (Å²) in [6.07, 6.45) is 0.587. The number of anilines is 1. The molecular formula is C11H12FNO2. The van der Waals surface area contributed by atoms with Crippen molar-refractivity contribution in [2.75, 3.05) is 18.0 Å². The Balaban J connectivity index is 2.14. The molecule has 2 rings (SSSR count). The number of hydrogen-bond acceptors (Lipinski definition) is 2. The maximum absolute atomic E-state index is 13.4. The van der Waals surface area contributed by atoms with Gasteiger partial charge in [0.05, 0.1) is 11.6 Å². The van der Waals surface area contributed by atoms with Crippen molar-refractivity contribution in [2.45, 2.75) is 6.42 Å². The van der Waals surface area contributed by atoms with E-state index in [0.717, 1.165) is 0 Å². The molecular weight excluding hydrogens is 197 g/mol. The number of carboxylic acid groups (broad SMARTS) is 1. The van der Waals surface area contributed by atoms with Crippen LogP contribution < -0.4 is 4.90 Å². The Morgan fingerprint density at radius 2 is 2.20 bits per heavy atom. The van der Waals surface area contributed by atoms with E-state index in [9.17, 15) is 9.18 Å². The van der Waals surface area contributed by atoms with Gasteiger partial charge in [0.15, 0.2) is 0 Å². The molecule has 4 heteroatoms. The van der Waals surface area contributed by atoms with E-state index < -0.39 is 5.97 Å². The fraction of sp³-hybridized carbons (Fsp3) is 0.364. The number of halogens is 1. The molecule has 1 aromatic carbocycles. The third-order valence-electron chi connectivity index (χ3n) is 2.73. The largest absolute Gasteiger partial charge is 0.481 e. The first-order valence-corrected chi connectivity index (χ1v) is 4.91. The molecule has 1 aliphatic rings. The van der Waals surface area contributed by atoms with Crippen molar-refractivity contribution in [3.63, 3.8) is 0 Å². The van der Waals surface area contributed by atoms with Crippen LogP contribution in [-0.4, -0.2) is 24.2 Å². The van der Waals surface area contributed by atoms with Crippen molar-refractivity contribution in [1.82, 2.24) is 0 Å². The first-order valence-electron chi connectivity index (χ1n) is 4.91. The summed E-state index contributed by atoms with van der Waals surface area (Å²) < 4.78 is 13.4. The van der Waals surface area contributed by atoms with Crippen LogP contribution in [0.4, 0.5) is 10.1 Å². The number of carbonyl (C=O) groups is 1. The van der Waals surface area contributed by atoms with Gasteiger partial charge in [0.25, 0.3) is 0 Å². The number of benzene rings is 1. The van der Waals surface area contributed by atoms with E-state index in [-0.39, 0.29) is 11.7 Å². The Kier molecular flexibility index (Phi) is 2.58. The van der Waals surface area contributed by atoms with E-state index >= 15 is 0 Å². The molecule has 1 fully saturated rings. The van der Waals surface area contributed by atoms with E-state index in [4.69, 9.17) is 5.11 Å². The van der Waals surface area contributed by atoms with Gasteiger partial charge >= 0.3 is 5.97 Å². The average Bonchev–Trinajstić information content (AvgIpc) is 2.67. The predicted molar refractivity (Wildman–Crippen MR) is 54.4 cm³/mol. The minimum absolute atomic E-state index is 0.288. The smallest absolute Gasteiger partial charge is 0.308 e. The topological polar surface area (TPSA) is 40.5 Å². The molecule has 1 N–H and O–H groups in total. The van der Waals surface area contributed by atoms with Crippen LogP contribution in [0.15, 0.2) is 24.3 Å². The summed E-state index contributed by atoms with van der Waals surface area (Å²) in [5.74, 6) is -1.46. The number of para-hydroxylation sites is 1. The lowest BCUT2D eigenvalue weighted by molar-refractivity contribution is -0.140. The molecule has 0 unspecified atom stereocenters. The second-order valence-electron chi connectivity index (χ2n) is 3.72. The maximum atomic E-state index is 13.4. The molecule has 15 heavy (non-hydrogen) atoms. The monoisotopic (exact) mass is 209 g/mol. The van der Waals surface area contributed by atoms with Crippen molar-refractivity contribution in [2.24, 2.45) is 5.92 Å². The zero-order valence-electron chi connectivity index (χ0n) is 8.19.